The first-order chi connectivity index (χ1) is 13.0. The Morgan fingerprint density at radius 2 is 2.07 bits per heavy atom. The van der Waals surface area contributed by atoms with Crippen LogP contribution >= 0.6 is 11.3 Å². The zero-order valence-electron chi connectivity index (χ0n) is 14.7. The molecule has 140 valence electrons. The summed E-state index contributed by atoms with van der Waals surface area (Å²) in [6.07, 6.45) is 0. The number of hydrogen-bond donors (Lipinski definition) is 1. The lowest BCUT2D eigenvalue weighted by molar-refractivity contribution is -0.116. The quantitative estimate of drug-likeness (QED) is 0.652. The Labute approximate surface area is 158 Å². The van der Waals surface area contributed by atoms with Gasteiger partial charge in [0.15, 0.2) is 5.82 Å². The molecule has 9 heteroatoms. The summed E-state index contributed by atoms with van der Waals surface area (Å²) < 4.78 is 10.8. The molecule has 8 nitrogen and oxygen atoms in total. The number of carbonyl (C=O) groups is 2. The average molecular weight is 387 g/mol. The molecule has 0 saturated heterocycles. The molecule has 1 N–H and O–H groups in total. The molecule has 0 spiro atoms. The summed E-state index contributed by atoms with van der Waals surface area (Å²) in [6.45, 7) is 3.51. The number of ether oxygens (including phenoxy) is 1. The number of nitrogens with zero attached hydrogens (tertiary/aromatic N) is 2. The van der Waals surface area contributed by atoms with Gasteiger partial charge < -0.3 is 10.1 Å². The number of thiophene rings is 1. The molecule has 1 aromatic carbocycles. The molecule has 0 saturated carbocycles. The first-order valence-corrected chi connectivity index (χ1v) is 9.06. The third kappa shape index (κ3) is 3.98. The first kappa shape index (κ1) is 18.6. The number of nitrogens with one attached hydrogen (secondary N) is 1. The van der Waals surface area contributed by atoms with Crippen molar-refractivity contribution in [2.45, 2.75) is 20.4 Å². The van der Waals surface area contributed by atoms with Gasteiger partial charge in [-0.05, 0) is 30.9 Å². The molecule has 1 amide bonds. The van der Waals surface area contributed by atoms with E-state index in [2.05, 4.69) is 10.5 Å². The van der Waals surface area contributed by atoms with Gasteiger partial charge in [0.25, 0.3) is 0 Å². The second-order valence-electron chi connectivity index (χ2n) is 5.61. The highest BCUT2D eigenvalue weighted by Gasteiger charge is 2.20. The summed E-state index contributed by atoms with van der Waals surface area (Å²) in [5.74, 6) is -1.47. The van der Waals surface area contributed by atoms with Gasteiger partial charge in [-0.15, -0.1) is 11.3 Å². The molecule has 0 unspecified atom stereocenters. The van der Waals surface area contributed by atoms with Crippen LogP contribution in [0.1, 0.15) is 22.8 Å². The molecule has 0 bridgehead atoms. The van der Waals surface area contributed by atoms with E-state index in [1.807, 2.05) is 25.1 Å². The molecule has 3 aromatic rings. The molecule has 0 fully saturated rings. The van der Waals surface area contributed by atoms with Gasteiger partial charge in [0.05, 0.1) is 12.2 Å². The summed E-state index contributed by atoms with van der Waals surface area (Å²) in [6, 6.07) is 8.91. The van der Waals surface area contributed by atoms with E-state index in [1.54, 1.807) is 24.4 Å². The van der Waals surface area contributed by atoms with E-state index < -0.39 is 17.6 Å². The minimum atomic E-state index is -0.736. The first-order valence-electron chi connectivity index (χ1n) is 8.18. The van der Waals surface area contributed by atoms with Gasteiger partial charge in [-0.25, -0.2) is 14.2 Å². The summed E-state index contributed by atoms with van der Waals surface area (Å²) in [5.41, 5.74) is 1.86. The highest BCUT2D eigenvalue weighted by atomic mass is 32.1. The van der Waals surface area contributed by atoms with Crippen molar-refractivity contribution in [3.05, 3.63) is 57.4 Å². The van der Waals surface area contributed by atoms with Crippen LogP contribution in [0.3, 0.4) is 0 Å². The largest absolute Gasteiger partial charge is 0.462 e. The molecule has 0 aliphatic carbocycles. The van der Waals surface area contributed by atoms with E-state index in [9.17, 15) is 14.4 Å². The van der Waals surface area contributed by atoms with Crippen LogP contribution in [0.5, 0.6) is 0 Å². The standard InChI is InChI=1S/C18H17N3O5S/c1-3-25-17(23)13-8-9-27-16(13)19-14(22)10-21-15(20-26-18(21)24)12-7-5-4-6-11(12)2/h4-9H,3,10H2,1-2H3,(H,19,22). The minimum Gasteiger partial charge on any atom is -0.462 e. The molecule has 3 rings (SSSR count). The summed E-state index contributed by atoms with van der Waals surface area (Å²) in [7, 11) is 0. The van der Waals surface area contributed by atoms with Crippen molar-refractivity contribution in [2.24, 2.45) is 0 Å². The van der Waals surface area contributed by atoms with Gasteiger partial charge in [-0.3, -0.25) is 9.32 Å². The molecule has 2 aromatic heterocycles. The summed E-state index contributed by atoms with van der Waals surface area (Å²) in [5, 5.41) is 8.46. The number of rotatable bonds is 6. The van der Waals surface area contributed by atoms with Crippen molar-refractivity contribution >= 4 is 28.2 Å². The second kappa shape index (κ2) is 8.00. The highest BCUT2D eigenvalue weighted by Crippen LogP contribution is 2.24. The van der Waals surface area contributed by atoms with E-state index >= 15 is 0 Å². The maximum Gasteiger partial charge on any atom is 0.442 e. The van der Waals surface area contributed by atoms with Gasteiger partial charge in [-0.2, -0.15) is 0 Å². The third-order valence-corrected chi connectivity index (χ3v) is 4.62. The van der Waals surface area contributed by atoms with Crippen LogP contribution in [0.15, 0.2) is 45.0 Å². The molecule has 27 heavy (non-hydrogen) atoms. The molecule has 0 aliphatic rings. The van der Waals surface area contributed by atoms with E-state index in [0.717, 1.165) is 10.1 Å². The van der Waals surface area contributed by atoms with Gasteiger partial charge in [0.1, 0.15) is 11.5 Å². The zero-order chi connectivity index (χ0) is 19.4. The van der Waals surface area contributed by atoms with E-state index in [1.165, 1.54) is 11.3 Å². The van der Waals surface area contributed by atoms with Crippen molar-refractivity contribution in [1.29, 1.82) is 0 Å². The van der Waals surface area contributed by atoms with Crippen molar-refractivity contribution in [1.82, 2.24) is 9.72 Å². The van der Waals surface area contributed by atoms with Gasteiger partial charge in [0, 0.05) is 5.56 Å². The number of carbonyl (C=O) groups excluding carboxylic acids is 2. The zero-order valence-corrected chi connectivity index (χ0v) is 15.5. The summed E-state index contributed by atoms with van der Waals surface area (Å²) in [4.78, 5) is 36.4. The molecular formula is C18H17N3O5S. The van der Waals surface area contributed by atoms with Crippen molar-refractivity contribution in [3.8, 4) is 11.4 Å². The van der Waals surface area contributed by atoms with Gasteiger partial charge in [-0.1, -0.05) is 29.4 Å². The Hall–Kier alpha value is -3.20. The molecule has 0 aliphatic heterocycles. The van der Waals surface area contributed by atoms with Crippen LogP contribution in [0.4, 0.5) is 5.00 Å². The fourth-order valence-electron chi connectivity index (χ4n) is 2.51. The smallest absolute Gasteiger partial charge is 0.442 e. The number of anilines is 1. The molecular weight excluding hydrogens is 370 g/mol. The van der Waals surface area contributed by atoms with Crippen LogP contribution in [0.2, 0.25) is 0 Å². The van der Waals surface area contributed by atoms with E-state index in [0.29, 0.717) is 10.6 Å². The van der Waals surface area contributed by atoms with Crippen LogP contribution in [-0.4, -0.2) is 28.2 Å². The van der Waals surface area contributed by atoms with Gasteiger partial charge >= 0.3 is 11.7 Å². The number of amides is 1. The fourth-order valence-corrected chi connectivity index (χ4v) is 3.30. The second-order valence-corrected chi connectivity index (χ2v) is 6.52. The lowest BCUT2D eigenvalue weighted by Crippen LogP contribution is -2.26. The van der Waals surface area contributed by atoms with Crippen LogP contribution in [0.25, 0.3) is 11.4 Å². The Morgan fingerprint density at radius 3 is 2.81 bits per heavy atom. The topological polar surface area (TPSA) is 103 Å². The fraction of sp³-hybridized carbons (Fsp3) is 0.222. The minimum absolute atomic E-state index is 0.234. The summed E-state index contributed by atoms with van der Waals surface area (Å²) >= 11 is 1.19. The predicted molar refractivity (Wildman–Crippen MR) is 99.8 cm³/mol. The van der Waals surface area contributed by atoms with E-state index in [-0.39, 0.29) is 24.5 Å². The Morgan fingerprint density at radius 1 is 1.30 bits per heavy atom. The SMILES string of the molecule is CCOC(=O)c1ccsc1NC(=O)Cn1c(-c2ccccc2C)noc1=O. The maximum absolute atomic E-state index is 12.4. The lowest BCUT2D eigenvalue weighted by Gasteiger charge is -2.08. The van der Waals surface area contributed by atoms with Crippen LogP contribution in [-0.2, 0) is 16.1 Å². The van der Waals surface area contributed by atoms with Gasteiger partial charge in [0.2, 0.25) is 5.91 Å². The number of hydrogen-bond acceptors (Lipinski definition) is 7. The number of benzene rings is 1. The lowest BCUT2D eigenvalue weighted by atomic mass is 10.1. The normalized spacial score (nSPS) is 10.6. The average Bonchev–Trinajstić information content (AvgIpc) is 3.23. The van der Waals surface area contributed by atoms with Crippen molar-refractivity contribution in [2.75, 3.05) is 11.9 Å². The van der Waals surface area contributed by atoms with Crippen LogP contribution < -0.4 is 11.1 Å². The Bertz CT molecular complexity index is 1030. The number of aromatic nitrogens is 2. The number of aryl methyl sites for hydroxylation is 1. The van der Waals surface area contributed by atoms with Crippen molar-refractivity contribution in [3.63, 3.8) is 0 Å². The molecule has 2 heterocycles. The third-order valence-electron chi connectivity index (χ3n) is 3.79. The Kier molecular flexibility index (Phi) is 5.51. The predicted octanol–water partition coefficient (Wildman–Crippen LogP) is 2.69. The maximum atomic E-state index is 12.4. The molecule has 0 radical (unpaired) electrons. The Balaban J connectivity index is 1.82. The van der Waals surface area contributed by atoms with E-state index in [4.69, 9.17) is 9.26 Å². The van der Waals surface area contributed by atoms with Crippen LogP contribution in [0, 0.1) is 6.92 Å². The van der Waals surface area contributed by atoms with Crippen molar-refractivity contribution < 1.29 is 18.8 Å². The monoisotopic (exact) mass is 387 g/mol. The highest BCUT2D eigenvalue weighted by molar-refractivity contribution is 7.14. The number of esters is 1. The molecule has 0 atom stereocenters.